The molecule has 0 aromatic carbocycles. The smallest absolute Gasteiger partial charge is 0.237 e. The Morgan fingerprint density at radius 1 is 1.50 bits per heavy atom. The van der Waals surface area contributed by atoms with E-state index >= 15 is 0 Å². The third-order valence-corrected chi connectivity index (χ3v) is 2.86. The Bertz CT molecular complexity index is 563. The zero-order valence-corrected chi connectivity index (χ0v) is 10.7. The molecule has 2 rings (SSSR count). The molecule has 0 radical (unpaired) electrons. The Kier molecular flexibility index (Phi) is 3.50. The van der Waals surface area contributed by atoms with Crippen LogP contribution in [0, 0.1) is 6.92 Å². The van der Waals surface area contributed by atoms with Crippen molar-refractivity contribution >= 4 is 5.78 Å². The van der Waals surface area contributed by atoms with Crippen LogP contribution in [0.3, 0.4) is 0 Å². The molecular weight excluding hydrogens is 230 g/mol. The van der Waals surface area contributed by atoms with Crippen LogP contribution in [0.15, 0.2) is 22.9 Å². The van der Waals surface area contributed by atoms with Crippen LogP contribution >= 0.6 is 0 Å². The number of rotatable bonds is 4. The second-order valence-corrected chi connectivity index (χ2v) is 4.20. The quantitative estimate of drug-likeness (QED) is 0.827. The summed E-state index contributed by atoms with van der Waals surface area (Å²) in [6.45, 7) is 5.38. The van der Waals surface area contributed by atoms with Gasteiger partial charge in [-0.15, -0.1) is 0 Å². The lowest BCUT2D eigenvalue weighted by Gasteiger charge is -2.03. The fourth-order valence-electron chi connectivity index (χ4n) is 1.83. The van der Waals surface area contributed by atoms with Gasteiger partial charge >= 0.3 is 0 Å². The molecule has 0 N–H and O–H groups in total. The summed E-state index contributed by atoms with van der Waals surface area (Å²) < 4.78 is 5.17. The molecular formula is C13H15N3O2. The van der Waals surface area contributed by atoms with Crippen LogP contribution in [0.5, 0.6) is 0 Å². The zero-order chi connectivity index (χ0) is 13.1. The summed E-state index contributed by atoms with van der Waals surface area (Å²) in [5.74, 6) is 0.508. The molecule has 0 spiro atoms. The molecule has 2 heterocycles. The summed E-state index contributed by atoms with van der Waals surface area (Å²) in [7, 11) is 0. The second kappa shape index (κ2) is 5.08. The van der Waals surface area contributed by atoms with Gasteiger partial charge in [-0.3, -0.25) is 9.78 Å². The van der Waals surface area contributed by atoms with Crippen molar-refractivity contribution in [2.45, 2.75) is 33.1 Å². The minimum atomic E-state index is -0.324. The summed E-state index contributed by atoms with van der Waals surface area (Å²) in [6.07, 6.45) is 2.33. The van der Waals surface area contributed by atoms with E-state index in [1.165, 1.54) is 6.92 Å². The maximum atomic E-state index is 11.4. The first kappa shape index (κ1) is 12.4. The number of ketones is 1. The van der Waals surface area contributed by atoms with Gasteiger partial charge in [-0.1, -0.05) is 18.1 Å². The minimum Gasteiger partial charge on any atom is -0.338 e. The number of pyridine rings is 1. The van der Waals surface area contributed by atoms with E-state index in [9.17, 15) is 4.79 Å². The SMILES string of the molecule is CCC(C(C)=O)c1nc(-c2ncccc2C)no1. The lowest BCUT2D eigenvalue weighted by atomic mass is 10.0. The number of Topliss-reactive ketones (excluding diaryl/α,β-unsaturated/α-hetero) is 1. The summed E-state index contributed by atoms with van der Waals surface area (Å²) in [6, 6.07) is 3.78. The standard InChI is InChI=1S/C13H15N3O2/c1-4-10(9(3)17)13-15-12(16-18-13)11-8(2)6-5-7-14-11/h5-7,10H,4H2,1-3H3. The predicted octanol–water partition coefficient (Wildman–Crippen LogP) is 2.52. The number of carbonyl (C=O) groups excluding carboxylic acids is 1. The van der Waals surface area contributed by atoms with E-state index in [0.29, 0.717) is 23.8 Å². The van der Waals surface area contributed by atoms with E-state index in [2.05, 4.69) is 15.1 Å². The van der Waals surface area contributed by atoms with E-state index in [-0.39, 0.29) is 11.7 Å². The summed E-state index contributed by atoms with van der Waals surface area (Å²) in [4.78, 5) is 19.9. The Hall–Kier alpha value is -2.04. The third-order valence-electron chi connectivity index (χ3n) is 2.86. The average Bonchev–Trinajstić information content (AvgIpc) is 2.79. The first-order chi connectivity index (χ1) is 8.63. The van der Waals surface area contributed by atoms with E-state index in [0.717, 1.165) is 5.56 Å². The normalized spacial score (nSPS) is 12.4. The maximum Gasteiger partial charge on any atom is 0.237 e. The largest absolute Gasteiger partial charge is 0.338 e. The van der Waals surface area contributed by atoms with Crippen molar-refractivity contribution in [1.82, 2.24) is 15.1 Å². The van der Waals surface area contributed by atoms with Crippen molar-refractivity contribution in [1.29, 1.82) is 0 Å². The highest BCUT2D eigenvalue weighted by Gasteiger charge is 2.22. The van der Waals surface area contributed by atoms with Crippen molar-refractivity contribution in [3.8, 4) is 11.5 Å². The lowest BCUT2D eigenvalue weighted by molar-refractivity contribution is -0.119. The molecule has 0 fully saturated rings. The van der Waals surface area contributed by atoms with Gasteiger partial charge in [0.15, 0.2) is 0 Å². The van der Waals surface area contributed by atoms with Crippen LogP contribution in [0.2, 0.25) is 0 Å². The average molecular weight is 245 g/mol. The van der Waals surface area contributed by atoms with Gasteiger partial charge in [-0.2, -0.15) is 4.98 Å². The summed E-state index contributed by atoms with van der Waals surface area (Å²) in [5, 5.41) is 3.90. The maximum absolute atomic E-state index is 11.4. The van der Waals surface area contributed by atoms with Crippen molar-refractivity contribution < 1.29 is 9.32 Å². The van der Waals surface area contributed by atoms with Gasteiger partial charge in [0, 0.05) is 6.20 Å². The first-order valence-electron chi connectivity index (χ1n) is 5.89. The van der Waals surface area contributed by atoms with Crippen molar-refractivity contribution in [3.05, 3.63) is 29.8 Å². The Balaban J connectivity index is 2.36. The van der Waals surface area contributed by atoms with Crippen LogP contribution in [0.4, 0.5) is 0 Å². The highest BCUT2D eigenvalue weighted by molar-refractivity contribution is 5.82. The number of carbonyl (C=O) groups is 1. The molecule has 94 valence electrons. The topological polar surface area (TPSA) is 68.9 Å². The van der Waals surface area contributed by atoms with E-state index in [4.69, 9.17) is 4.52 Å². The molecule has 0 saturated carbocycles. The Morgan fingerprint density at radius 2 is 2.28 bits per heavy atom. The van der Waals surface area contributed by atoms with Crippen LogP contribution in [0.25, 0.3) is 11.5 Å². The fourth-order valence-corrected chi connectivity index (χ4v) is 1.83. The van der Waals surface area contributed by atoms with Gasteiger partial charge in [0.25, 0.3) is 0 Å². The van der Waals surface area contributed by atoms with E-state index in [1.807, 2.05) is 26.0 Å². The molecule has 1 atom stereocenters. The molecule has 18 heavy (non-hydrogen) atoms. The third kappa shape index (κ3) is 2.30. The zero-order valence-electron chi connectivity index (χ0n) is 10.7. The van der Waals surface area contributed by atoms with E-state index in [1.54, 1.807) is 6.20 Å². The number of nitrogens with zero attached hydrogens (tertiary/aromatic N) is 3. The van der Waals surface area contributed by atoms with Crippen molar-refractivity contribution in [3.63, 3.8) is 0 Å². The molecule has 0 aliphatic carbocycles. The summed E-state index contributed by atoms with van der Waals surface area (Å²) >= 11 is 0. The predicted molar refractivity (Wildman–Crippen MR) is 66.0 cm³/mol. The van der Waals surface area contributed by atoms with E-state index < -0.39 is 0 Å². The molecule has 5 heteroatoms. The lowest BCUT2D eigenvalue weighted by Crippen LogP contribution is -2.07. The van der Waals surface area contributed by atoms with Crippen LogP contribution < -0.4 is 0 Å². The van der Waals surface area contributed by atoms with Gasteiger partial charge in [0.05, 0.1) is 5.92 Å². The molecule has 0 bridgehead atoms. The number of aromatic nitrogens is 3. The molecule has 2 aromatic heterocycles. The van der Waals surface area contributed by atoms with Gasteiger partial charge in [-0.25, -0.2) is 0 Å². The molecule has 1 unspecified atom stereocenters. The molecule has 5 nitrogen and oxygen atoms in total. The minimum absolute atomic E-state index is 0.0328. The monoisotopic (exact) mass is 245 g/mol. The van der Waals surface area contributed by atoms with Gasteiger partial charge in [-0.05, 0) is 31.9 Å². The molecule has 0 amide bonds. The second-order valence-electron chi connectivity index (χ2n) is 4.20. The molecule has 0 aliphatic heterocycles. The fraction of sp³-hybridized carbons (Fsp3) is 0.385. The number of hydrogen-bond donors (Lipinski definition) is 0. The van der Waals surface area contributed by atoms with Crippen molar-refractivity contribution in [2.75, 3.05) is 0 Å². The van der Waals surface area contributed by atoms with Gasteiger partial charge in [0.1, 0.15) is 11.5 Å². The summed E-state index contributed by atoms with van der Waals surface area (Å²) in [5.41, 5.74) is 1.66. The van der Waals surface area contributed by atoms with Crippen LogP contribution in [-0.2, 0) is 4.79 Å². The van der Waals surface area contributed by atoms with Crippen LogP contribution in [0.1, 0.15) is 37.6 Å². The Labute approximate surface area is 105 Å². The van der Waals surface area contributed by atoms with Crippen molar-refractivity contribution in [2.24, 2.45) is 0 Å². The van der Waals surface area contributed by atoms with Gasteiger partial charge < -0.3 is 4.52 Å². The van der Waals surface area contributed by atoms with Gasteiger partial charge in [0.2, 0.25) is 11.7 Å². The molecule has 0 aliphatic rings. The van der Waals surface area contributed by atoms with Crippen LogP contribution in [-0.4, -0.2) is 20.9 Å². The number of aryl methyl sites for hydroxylation is 1. The highest BCUT2D eigenvalue weighted by atomic mass is 16.5. The molecule has 2 aromatic rings. The highest BCUT2D eigenvalue weighted by Crippen LogP contribution is 2.23. The molecule has 0 saturated heterocycles. The first-order valence-corrected chi connectivity index (χ1v) is 5.89. The number of hydrogen-bond acceptors (Lipinski definition) is 5. The Morgan fingerprint density at radius 3 is 2.89 bits per heavy atom.